The maximum absolute atomic E-state index is 12.1. The molecule has 2 aromatic carbocycles. The van der Waals surface area contributed by atoms with Crippen LogP contribution in [-0.2, 0) is 0 Å². The van der Waals surface area contributed by atoms with E-state index < -0.39 is 12.1 Å². The number of hydrogen-bond donors (Lipinski definition) is 2. The molecule has 0 aliphatic carbocycles. The monoisotopic (exact) mass is 296 g/mol. The smallest absolute Gasteiger partial charge is 0.179 e. The van der Waals surface area contributed by atoms with Gasteiger partial charge in [0.2, 0.25) is 0 Å². The van der Waals surface area contributed by atoms with Crippen molar-refractivity contribution in [2.75, 3.05) is 0 Å². The van der Waals surface area contributed by atoms with Crippen LogP contribution in [0.1, 0.15) is 33.6 Å². The van der Waals surface area contributed by atoms with E-state index in [0.717, 1.165) is 0 Å². The van der Waals surface area contributed by atoms with E-state index in [1.54, 1.807) is 48.5 Å². The van der Waals surface area contributed by atoms with Gasteiger partial charge in [0, 0.05) is 11.1 Å². The third-order valence-electron chi connectivity index (χ3n) is 3.58. The molecule has 2 aromatic rings. The quantitative estimate of drug-likeness (QED) is 0.767. The van der Waals surface area contributed by atoms with Crippen molar-refractivity contribution >= 4 is 11.6 Å². The van der Waals surface area contributed by atoms with Crippen molar-refractivity contribution in [1.82, 2.24) is 0 Å². The largest absolute Gasteiger partial charge is 0.321 e. The van der Waals surface area contributed by atoms with E-state index in [9.17, 15) is 9.59 Å². The van der Waals surface area contributed by atoms with Gasteiger partial charge in [-0.15, -0.1) is 0 Å². The maximum Gasteiger partial charge on any atom is 0.179 e. The van der Waals surface area contributed by atoms with E-state index in [4.69, 9.17) is 11.5 Å². The minimum atomic E-state index is -0.642. The number of rotatable bonds is 7. The van der Waals surface area contributed by atoms with Gasteiger partial charge >= 0.3 is 0 Å². The van der Waals surface area contributed by atoms with Gasteiger partial charge in [-0.25, -0.2) is 0 Å². The molecule has 0 aromatic heterocycles. The molecule has 0 saturated heterocycles. The molecule has 0 heterocycles. The Kier molecular flexibility index (Phi) is 5.58. The van der Waals surface area contributed by atoms with Crippen LogP contribution < -0.4 is 11.5 Å². The van der Waals surface area contributed by atoms with Crippen molar-refractivity contribution in [3.63, 3.8) is 0 Å². The molecule has 2 atom stereocenters. The summed E-state index contributed by atoms with van der Waals surface area (Å²) in [6, 6.07) is 16.5. The summed E-state index contributed by atoms with van der Waals surface area (Å²) in [5, 5.41) is 0. The van der Waals surface area contributed by atoms with Gasteiger partial charge in [0.25, 0.3) is 0 Å². The lowest BCUT2D eigenvalue weighted by molar-refractivity contribution is 0.0926. The summed E-state index contributed by atoms with van der Waals surface area (Å²) in [7, 11) is 0. The van der Waals surface area contributed by atoms with Crippen LogP contribution >= 0.6 is 0 Å². The molecule has 0 spiro atoms. The zero-order valence-electron chi connectivity index (χ0n) is 12.3. The van der Waals surface area contributed by atoms with Crippen LogP contribution in [0.4, 0.5) is 0 Å². The Morgan fingerprint density at radius 1 is 0.682 bits per heavy atom. The molecule has 0 aliphatic rings. The van der Waals surface area contributed by atoms with Crippen molar-refractivity contribution in [3.05, 3.63) is 71.8 Å². The average molecular weight is 296 g/mol. The molecular weight excluding hydrogens is 276 g/mol. The summed E-state index contributed by atoms with van der Waals surface area (Å²) in [4.78, 5) is 24.3. The Morgan fingerprint density at radius 2 is 1.00 bits per heavy atom. The lowest BCUT2D eigenvalue weighted by Crippen LogP contribution is -2.36. The second kappa shape index (κ2) is 7.64. The maximum atomic E-state index is 12.1. The summed E-state index contributed by atoms with van der Waals surface area (Å²) >= 11 is 0. The van der Waals surface area contributed by atoms with E-state index in [1.165, 1.54) is 0 Å². The fraction of sp³-hybridized carbons (Fsp3) is 0.222. The number of carbonyl (C=O) groups is 2. The number of Topliss-reactive ketones (excluding diaryl/α,β-unsaturated/α-hetero) is 2. The Bertz CT molecular complexity index is 569. The minimum Gasteiger partial charge on any atom is -0.321 e. The first kappa shape index (κ1) is 16.1. The zero-order valence-corrected chi connectivity index (χ0v) is 12.3. The molecule has 0 amide bonds. The number of ketones is 2. The molecule has 0 aliphatic heterocycles. The van der Waals surface area contributed by atoms with Crippen LogP contribution in [0.25, 0.3) is 0 Å². The predicted molar refractivity (Wildman–Crippen MR) is 86.7 cm³/mol. The first-order valence-corrected chi connectivity index (χ1v) is 7.29. The molecule has 114 valence electrons. The molecule has 0 saturated carbocycles. The van der Waals surface area contributed by atoms with E-state index in [-0.39, 0.29) is 11.6 Å². The van der Waals surface area contributed by atoms with Crippen LogP contribution in [0.5, 0.6) is 0 Å². The normalized spacial score (nSPS) is 13.4. The van der Waals surface area contributed by atoms with Crippen molar-refractivity contribution in [1.29, 1.82) is 0 Å². The average Bonchev–Trinajstić information content (AvgIpc) is 2.59. The Labute approximate surface area is 130 Å². The standard InChI is InChI=1S/C18H20N2O2/c19-15(17(21)13-7-3-1-4-8-13)11-12-16(20)18(22)14-9-5-2-6-10-14/h1-10,15-16H,11-12,19-20H2/t15-,16-/m1/s1. The van der Waals surface area contributed by atoms with Crippen LogP contribution in [0.2, 0.25) is 0 Å². The Hall–Kier alpha value is -2.30. The molecular formula is C18H20N2O2. The van der Waals surface area contributed by atoms with Gasteiger partial charge in [0.15, 0.2) is 11.6 Å². The predicted octanol–water partition coefficient (Wildman–Crippen LogP) is 2.19. The van der Waals surface area contributed by atoms with Gasteiger partial charge in [-0.3, -0.25) is 9.59 Å². The van der Waals surface area contributed by atoms with Crippen LogP contribution in [-0.4, -0.2) is 23.7 Å². The molecule has 0 fully saturated rings. The van der Waals surface area contributed by atoms with E-state index in [2.05, 4.69) is 0 Å². The highest BCUT2D eigenvalue weighted by Gasteiger charge is 2.20. The van der Waals surface area contributed by atoms with E-state index >= 15 is 0 Å². The number of benzene rings is 2. The molecule has 2 rings (SSSR count). The fourth-order valence-corrected chi connectivity index (χ4v) is 2.25. The SMILES string of the molecule is N[C@H](CC[C@@H](N)C(=O)c1ccccc1)C(=O)c1ccccc1. The minimum absolute atomic E-state index is 0.125. The zero-order chi connectivity index (χ0) is 15.9. The summed E-state index contributed by atoms with van der Waals surface area (Å²) in [5.74, 6) is -0.250. The Balaban J connectivity index is 1.89. The highest BCUT2D eigenvalue weighted by molar-refractivity contribution is 6.01. The van der Waals surface area contributed by atoms with Gasteiger partial charge in [0.05, 0.1) is 12.1 Å². The van der Waals surface area contributed by atoms with Crippen molar-refractivity contribution in [2.45, 2.75) is 24.9 Å². The number of nitrogens with two attached hydrogens (primary N) is 2. The summed E-state index contributed by atoms with van der Waals surface area (Å²) in [6.45, 7) is 0. The lowest BCUT2D eigenvalue weighted by Gasteiger charge is -2.14. The fourth-order valence-electron chi connectivity index (χ4n) is 2.25. The third-order valence-corrected chi connectivity index (χ3v) is 3.58. The van der Waals surface area contributed by atoms with Gasteiger partial charge in [-0.05, 0) is 12.8 Å². The highest BCUT2D eigenvalue weighted by Crippen LogP contribution is 2.10. The molecule has 4 heteroatoms. The third kappa shape index (κ3) is 4.10. The van der Waals surface area contributed by atoms with E-state index in [0.29, 0.717) is 24.0 Å². The summed E-state index contributed by atoms with van der Waals surface area (Å²) in [5.41, 5.74) is 13.0. The van der Waals surface area contributed by atoms with Crippen molar-refractivity contribution in [2.24, 2.45) is 11.5 Å². The molecule has 0 radical (unpaired) electrons. The molecule has 22 heavy (non-hydrogen) atoms. The summed E-state index contributed by atoms with van der Waals surface area (Å²) < 4.78 is 0. The second-order valence-electron chi connectivity index (χ2n) is 5.25. The second-order valence-corrected chi connectivity index (χ2v) is 5.25. The van der Waals surface area contributed by atoms with Gasteiger partial charge in [-0.1, -0.05) is 60.7 Å². The topological polar surface area (TPSA) is 86.2 Å². The first-order valence-electron chi connectivity index (χ1n) is 7.29. The van der Waals surface area contributed by atoms with Crippen LogP contribution in [0.3, 0.4) is 0 Å². The molecule has 4 nitrogen and oxygen atoms in total. The Morgan fingerprint density at radius 3 is 1.32 bits per heavy atom. The summed E-state index contributed by atoms with van der Waals surface area (Å²) in [6.07, 6.45) is 0.765. The highest BCUT2D eigenvalue weighted by atomic mass is 16.1. The van der Waals surface area contributed by atoms with Crippen molar-refractivity contribution in [3.8, 4) is 0 Å². The van der Waals surface area contributed by atoms with E-state index in [1.807, 2.05) is 12.1 Å². The van der Waals surface area contributed by atoms with Crippen LogP contribution in [0.15, 0.2) is 60.7 Å². The molecule has 0 bridgehead atoms. The first-order chi connectivity index (χ1) is 10.6. The molecule has 4 N–H and O–H groups in total. The van der Waals surface area contributed by atoms with Crippen LogP contribution in [0, 0.1) is 0 Å². The van der Waals surface area contributed by atoms with Gasteiger partial charge in [0.1, 0.15) is 0 Å². The van der Waals surface area contributed by atoms with Gasteiger partial charge < -0.3 is 11.5 Å². The number of hydrogen-bond acceptors (Lipinski definition) is 4. The van der Waals surface area contributed by atoms with Gasteiger partial charge in [-0.2, -0.15) is 0 Å². The molecule has 0 unspecified atom stereocenters. The van der Waals surface area contributed by atoms with Crippen molar-refractivity contribution < 1.29 is 9.59 Å². The lowest BCUT2D eigenvalue weighted by atomic mass is 9.95. The number of carbonyl (C=O) groups excluding carboxylic acids is 2.